The molecule has 0 aromatic heterocycles. The van der Waals surface area contributed by atoms with Gasteiger partial charge >= 0.3 is 0 Å². The van der Waals surface area contributed by atoms with Crippen molar-refractivity contribution in [1.82, 2.24) is 10.2 Å². The molecular weight excluding hydrogens is 402 g/mol. The number of hydrogen-bond acceptors (Lipinski definition) is 3. The van der Waals surface area contributed by atoms with Crippen LogP contribution in [-0.2, 0) is 9.59 Å². The van der Waals surface area contributed by atoms with Crippen molar-refractivity contribution in [1.29, 1.82) is 0 Å². The summed E-state index contributed by atoms with van der Waals surface area (Å²) in [5, 5.41) is 5.85. The Kier molecular flexibility index (Phi) is 7.46. The fourth-order valence-corrected chi connectivity index (χ4v) is 3.63. The van der Waals surface area contributed by atoms with Gasteiger partial charge in [0.15, 0.2) is 0 Å². The summed E-state index contributed by atoms with van der Waals surface area (Å²) in [5.41, 5.74) is 1.55. The van der Waals surface area contributed by atoms with Crippen molar-refractivity contribution in [3.05, 3.63) is 71.8 Å². The first kappa shape index (κ1) is 23.3. The Morgan fingerprint density at radius 3 is 2.22 bits per heavy atom. The van der Waals surface area contributed by atoms with Gasteiger partial charge < -0.3 is 15.5 Å². The SMILES string of the molecule is CC(C)(C)NC(=O)c1ccccc1NC(=O)C1CCN(C(=O)/C=C/c2ccccc2)CC1. The molecule has 0 radical (unpaired) electrons. The Bertz CT molecular complexity index is 985. The smallest absolute Gasteiger partial charge is 0.253 e. The number of para-hydroxylation sites is 1. The molecule has 0 atom stereocenters. The van der Waals surface area contributed by atoms with Gasteiger partial charge in [-0.3, -0.25) is 14.4 Å². The summed E-state index contributed by atoms with van der Waals surface area (Å²) < 4.78 is 0. The fraction of sp³-hybridized carbons (Fsp3) is 0.346. The molecule has 1 saturated heterocycles. The first-order valence-electron chi connectivity index (χ1n) is 11.0. The molecule has 32 heavy (non-hydrogen) atoms. The van der Waals surface area contributed by atoms with E-state index in [-0.39, 0.29) is 29.2 Å². The van der Waals surface area contributed by atoms with Crippen LogP contribution in [0.4, 0.5) is 5.69 Å². The summed E-state index contributed by atoms with van der Waals surface area (Å²) in [4.78, 5) is 39.7. The Balaban J connectivity index is 1.56. The first-order chi connectivity index (χ1) is 15.2. The summed E-state index contributed by atoms with van der Waals surface area (Å²) in [7, 11) is 0. The second-order valence-electron chi connectivity index (χ2n) is 9.08. The topological polar surface area (TPSA) is 78.5 Å². The Morgan fingerprint density at radius 1 is 0.938 bits per heavy atom. The van der Waals surface area contributed by atoms with Crippen LogP contribution in [0, 0.1) is 5.92 Å². The number of nitrogens with zero attached hydrogens (tertiary/aromatic N) is 1. The zero-order valence-corrected chi connectivity index (χ0v) is 18.9. The number of rotatable bonds is 5. The molecule has 6 heteroatoms. The molecule has 0 unspecified atom stereocenters. The summed E-state index contributed by atoms with van der Waals surface area (Å²) in [6, 6.07) is 16.7. The van der Waals surface area contributed by atoms with Crippen LogP contribution in [0.2, 0.25) is 0 Å². The Hall–Kier alpha value is -3.41. The van der Waals surface area contributed by atoms with E-state index < -0.39 is 0 Å². The van der Waals surface area contributed by atoms with Crippen molar-refractivity contribution in [2.24, 2.45) is 5.92 Å². The lowest BCUT2D eigenvalue weighted by atomic mass is 9.95. The van der Waals surface area contributed by atoms with Crippen LogP contribution in [0.25, 0.3) is 6.08 Å². The van der Waals surface area contributed by atoms with Gasteiger partial charge in [0.1, 0.15) is 0 Å². The third-order valence-electron chi connectivity index (χ3n) is 5.31. The van der Waals surface area contributed by atoms with Gasteiger partial charge in [-0.2, -0.15) is 0 Å². The third-order valence-corrected chi connectivity index (χ3v) is 5.31. The normalized spacial score (nSPS) is 14.9. The zero-order valence-electron chi connectivity index (χ0n) is 18.9. The van der Waals surface area contributed by atoms with Crippen LogP contribution in [0.15, 0.2) is 60.7 Å². The molecule has 168 valence electrons. The number of likely N-dealkylation sites (tertiary alicyclic amines) is 1. The molecular formula is C26H31N3O3. The van der Waals surface area contributed by atoms with E-state index in [9.17, 15) is 14.4 Å². The summed E-state index contributed by atoms with van der Waals surface area (Å²) in [5.74, 6) is -0.584. The van der Waals surface area contributed by atoms with Gasteiger partial charge in [-0.05, 0) is 57.4 Å². The second kappa shape index (κ2) is 10.3. The number of piperidine rings is 1. The highest BCUT2D eigenvalue weighted by molar-refractivity contribution is 6.04. The highest BCUT2D eigenvalue weighted by Crippen LogP contribution is 2.22. The molecule has 0 spiro atoms. The highest BCUT2D eigenvalue weighted by atomic mass is 16.2. The maximum absolute atomic E-state index is 12.9. The molecule has 2 N–H and O–H groups in total. The summed E-state index contributed by atoms with van der Waals surface area (Å²) in [6.45, 7) is 6.80. The molecule has 1 fully saturated rings. The van der Waals surface area contributed by atoms with Crippen molar-refractivity contribution in [3.8, 4) is 0 Å². The van der Waals surface area contributed by atoms with Crippen LogP contribution >= 0.6 is 0 Å². The fourth-order valence-electron chi connectivity index (χ4n) is 3.63. The van der Waals surface area contributed by atoms with Gasteiger partial charge in [-0.15, -0.1) is 0 Å². The molecule has 1 aliphatic heterocycles. The Morgan fingerprint density at radius 2 is 1.56 bits per heavy atom. The van der Waals surface area contributed by atoms with Gasteiger partial charge in [0.25, 0.3) is 5.91 Å². The zero-order chi connectivity index (χ0) is 23.1. The minimum atomic E-state index is -0.372. The quantitative estimate of drug-likeness (QED) is 0.697. The highest BCUT2D eigenvalue weighted by Gasteiger charge is 2.27. The van der Waals surface area contributed by atoms with E-state index in [1.54, 1.807) is 41.3 Å². The van der Waals surface area contributed by atoms with Crippen molar-refractivity contribution in [2.45, 2.75) is 39.2 Å². The van der Waals surface area contributed by atoms with Gasteiger partial charge in [0.2, 0.25) is 11.8 Å². The number of anilines is 1. The average Bonchev–Trinajstić information content (AvgIpc) is 2.77. The van der Waals surface area contributed by atoms with E-state index in [0.29, 0.717) is 37.2 Å². The molecule has 0 bridgehead atoms. The molecule has 3 amide bonds. The monoisotopic (exact) mass is 433 g/mol. The van der Waals surface area contributed by atoms with Gasteiger partial charge in [-0.25, -0.2) is 0 Å². The van der Waals surface area contributed by atoms with E-state index in [0.717, 1.165) is 5.56 Å². The molecule has 0 aliphatic carbocycles. The lowest BCUT2D eigenvalue weighted by Crippen LogP contribution is -2.42. The number of carbonyl (C=O) groups excluding carboxylic acids is 3. The third kappa shape index (κ3) is 6.54. The van der Waals surface area contributed by atoms with Crippen LogP contribution in [-0.4, -0.2) is 41.2 Å². The minimum Gasteiger partial charge on any atom is -0.347 e. The number of carbonyl (C=O) groups is 3. The molecule has 2 aromatic rings. The van der Waals surface area contributed by atoms with Gasteiger partial charge in [0.05, 0.1) is 11.3 Å². The maximum Gasteiger partial charge on any atom is 0.253 e. The van der Waals surface area contributed by atoms with Crippen LogP contribution in [0.3, 0.4) is 0 Å². The van der Waals surface area contributed by atoms with Crippen molar-refractivity contribution >= 4 is 29.5 Å². The molecule has 3 rings (SSSR count). The van der Waals surface area contributed by atoms with E-state index in [2.05, 4.69) is 10.6 Å². The standard InChI is InChI=1S/C26H31N3O3/c1-26(2,3)28-25(32)21-11-7-8-12-22(21)27-24(31)20-15-17-29(18-16-20)23(30)14-13-19-9-5-4-6-10-19/h4-14,20H,15-18H2,1-3H3,(H,27,31)(H,28,32)/b14-13+. The van der Waals surface area contributed by atoms with E-state index in [1.165, 1.54) is 0 Å². The molecule has 1 heterocycles. The van der Waals surface area contributed by atoms with Crippen LogP contribution in [0.5, 0.6) is 0 Å². The van der Waals surface area contributed by atoms with Crippen LogP contribution < -0.4 is 10.6 Å². The molecule has 1 aliphatic rings. The molecule has 6 nitrogen and oxygen atoms in total. The van der Waals surface area contributed by atoms with Gasteiger partial charge in [-0.1, -0.05) is 42.5 Å². The summed E-state index contributed by atoms with van der Waals surface area (Å²) in [6.07, 6.45) is 4.57. The lowest BCUT2D eigenvalue weighted by molar-refractivity contribution is -0.130. The van der Waals surface area contributed by atoms with E-state index >= 15 is 0 Å². The average molecular weight is 434 g/mol. The minimum absolute atomic E-state index is 0.0445. The van der Waals surface area contributed by atoms with Crippen LogP contribution in [0.1, 0.15) is 49.5 Å². The number of amides is 3. The molecule has 2 aromatic carbocycles. The Labute approximate surface area is 189 Å². The van der Waals surface area contributed by atoms with E-state index in [4.69, 9.17) is 0 Å². The lowest BCUT2D eigenvalue weighted by Gasteiger charge is -2.30. The number of benzene rings is 2. The molecule has 0 saturated carbocycles. The van der Waals surface area contributed by atoms with Gasteiger partial charge in [0, 0.05) is 30.6 Å². The number of nitrogens with one attached hydrogen (secondary N) is 2. The van der Waals surface area contributed by atoms with E-state index in [1.807, 2.05) is 51.1 Å². The number of hydrogen-bond donors (Lipinski definition) is 2. The first-order valence-corrected chi connectivity index (χ1v) is 11.0. The largest absolute Gasteiger partial charge is 0.347 e. The maximum atomic E-state index is 12.9. The van der Waals surface area contributed by atoms with Crippen molar-refractivity contribution < 1.29 is 14.4 Å². The predicted molar refractivity (Wildman–Crippen MR) is 127 cm³/mol. The van der Waals surface area contributed by atoms with Crippen molar-refractivity contribution in [3.63, 3.8) is 0 Å². The van der Waals surface area contributed by atoms with Crippen molar-refractivity contribution in [2.75, 3.05) is 18.4 Å². The summed E-state index contributed by atoms with van der Waals surface area (Å²) >= 11 is 0. The predicted octanol–water partition coefficient (Wildman–Crippen LogP) is 4.11. The second-order valence-corrected chi connectivity index (χ2v) is 9.08.